The summed E-state index contributed by atoms with van der Waals surface area (Å²) in [7, 11) is -4.53. The molecular weight excluding hydrogens is 553 g/mol. The minimum Gasteiger partial charge on any atom is -0.505 e. The summed E-state index contributed by atoms with van der Waals surface area (Å²) in [5.74, 6) is -0.622. The molecular formula is C26H21Cl2N3O6S. The first kappa shape index (κ1) is 27.3. The lowest BCUT2D eigenvalue weighted by atomic mass is 10.0. The van der Waals surface area contributed by atoms with E-state index >= 15 is 0 Å². The monoisotopic (exact) mass is 573 g/mol. The molecule has 0 fully saturated rings. The Morgan fingerprint density at radius 1 is 1.05 bits per heavy atom. The van der Waals surface area contributed by atoms with E-state index in [-0.39, 0.29) is 22.0 Å². The number of rotatable bonds is 7. The van der Waals surface area contributed by atoms with Crippen molar-refractivity contribution in [1.29, 1.82) is 0 Å². The molecule has 0 aliphatic carbocycles. The Hall–Kier alpha value is -3.70. The number of amides is 1. The van der Waals surface area contributed by atoms with Crippen molar-refractivity contribution in [2.75, 3.05) is 11.9 Å². The Bertz CT molecular complexity index is 1710. The Balaban J connectivity index is 1.77. The van der Waals surface area contributed by atoms with E-state index in [4.69, 9.17) is 27.9 Å². The van der Waals surface area contributed by atoms with Crippen molar-refractivity contribution in [3.05, 3.63) is 81.8 Å². The van der Waals surface area contributed by atoms with Crippen LogP contribution in [0.25, 0.3) is 10.8 Å². The number of fused-ring (bicyclic) bond motifs is 1. The van der Waals surface area contributed by atoms with Crippen LogP contribution in [0, 0.1) is 6.92 Å². The molecule has 1 amide bonds. The maximum absolute atomic E-state index is 13.1. The number of nitrogens with zero attached hydrogens (tertiary/aromatic N) is 2. The number of hydrogen-bond acceptors (Lipinski definition) is 7. The molecule has 4 rings (SSSR count). The predicted octanol–water partition coefficient (Wildman–Crippen LogP) is 7.47. The van der Waals surface area contributed by atoms with Crippen molar-refractivity contribution < 1.29 is 27.6 Å². The number of carbonyl (C=O) groups excluding carboxylic acids is 1. The number of nitrogens with one attached hydrogen (secondary N) is 1. The van der Waals surface area contributed by atoms with Crippen LogP contribution in [0.4, 0.5) is 17.1 Å². The minimum atomic E-state index is -4.53. The van der Waals surface area contributed by atoms with E-state index in [1.807, 2.05) is 6.92 Å². The van der Waals surface area contributed by atoms with Gasteiger partial charge in [0, 0.05) is 11.1 Å². The number of halogens is 2. The molecule has 0 spiro atoms. The van der Waals surface area contributed by atoms with Crippen molar-refractivity contribution in [2.45, 2.75) is 18.7 Å². The quantitative estimate of drug-likeness (QED) is 0.155. The predicted molar refractivity (Wildman–Crippen MR) is 146 cm³/mol. The van der Waals surface area contributed by atoms with Gasteiger partial charge in [0.15, 0.2) is 5.75 Å². The van der Waals surface area contributed by atoms with Gasteiger partial charge >= 0.3 is 0 Å². The summed E-state index contributed by atoms with van der Waals surface area (Å²) in [4.78, 5) is 12.7. The average Bonchev–Trinajstić information content (AvgIpc) is 2.86. The summed E-state index contributed by atoms with van der Waals surface area (Å²) >= 11 is 12.5. The highest BCUT2D eigenvalue weighted by Gasteiger charge is 2.20. The average molecular weight is 574 g/mol. The fraction of sp³-hybridized carbons (Fsp3) is 0.115. The molecule has 0 aliphatic rings. The van der Waals surface area contributed by atoms with Crippen LogP contribution in [-0.2, 0) is 10.1 Å². The van der Waals surface area contributed by atoms with Crippen molar-refractivity contribution in [3.8, 4) is 11.5 Å². The lowest BCUT2D eigenvalue weighted by Gasteiger charge is -2.12. The van der Waals surface area contributed by atoms with Crippen LogP contribution in [-0.4, -0.2) is 30.6 Å². The third-order valence-corrected chi connectivity index (χ3v) is 7.11. The molecule has 9 nitrogen and oxygen atoms in total. The number of aromatic hydroxyl groups is 1. The van der Waals surface area contributed by atoms with Gasteiger partial charge in [-0.1, -0.05) is 47.5 Å². The van der Waals surface area contributed by atoms with Gasteiger partial charge in [0.2, 0.25) is 0 Å². The molecule has 0 radical (unpaired) electrons. The Kier molecular flexibility index (Phi) is 7.89. The maximum Gasteiger partial charge on any atom is 0.294 e. The minimum absolute atomic E-state index is 0.0380. The topological polar surface area (TPSA) is 138 Å². The highest BCUT2D eigenvalue weighted by atomic mass is 35.5. The van der Waals surface area contributed by atoms with Gasteiger partial charge in [-0.2, -0.15) is 8.42 Å². The van der Waals surface area contributed by atoms with Gasteiger partial charge in [0.1, 0.15) is 17.1 Å². The first-order valence-electron chi connectivity index (χ1n) is 11.2. The number of ether oxygens (including phenoxy) is 1. The van der Waals surface area contributed by atoms with Crippen LogP contribution < -0.4 is 10.1 Å². The molecule has 3 N–H and O–H groups in total. The van der Waals surface area contributed by atoms with E-state index in [9.17, 15) is 22.9 Å². The van der Waals surface area contributed by atoms with Crippen LogP contribution in [0.5, 0.6) is 11.5 Å². The second-order valence-corrected chi connectivity index (χ2v) is 10.3. The Morgan fingerprint density at radius 2 is 1.79 bits per heavy atom. The van der Waals surface area contributed by atoms with Gasteiger partial charge in [-0.15, -0.1) is 10.2 Å². The zero-order chi connectivity index (χ0) is 27.6. The van der Waals surface area contributed by atoms with Gasteiger partial charge in [0.25, 0.3) is 16.0 Å². The molecule has 0 bridgehead atoms. The number of hydrogen-bond donors (Lipinski definition) is 3. The number of carbonyl (C=O) groups is 1. The SMILES string of the molecule is CCOc1ccc(NC(=O)c2cc3ccccc3c(N=Nc3cc(S(=O)(=O)O)cc(C)c3Cl)c2O)cc1Cl. The zero-order valence-electron chi connectivity index (χ0n) is 20.1. The number of phenols is 1. The molecule has 0 atom stereocenters. The Morgan fingerprint density at radius 3 is 2.47 bits per heavy atom. The molecule has 0 saturated heterocycles. The van der Waals surface area contributed by atoms with E-state index in [1.165, 1.54) is 18.2 Å². The molecule has 196 valence electrons. The van der Waals surface area contributed by atoms with E-state index in [2.05, 4.69) is 15.5 Å². The summed E-state index contributed by atoms with van der Waals surface area (Å²) in [6, 6.07) is 15.4. The summed E-state index contributed by atoms with van der Waals surface area (Å²) in [5, 5.41) is 23.4. The number of azo groups is 1. The molecule has 0 unspecified atom stereocenters. The maximum atomic E-state index is 13.1. The fourth-order valence-electron chi connectivity index (χ4n) is 3.69. The van der Waals surface area contributed by atoms with Crippen LogP contribution in [0.3, 0.4) is 0 Å². The van der Waals surface area contributed by atoms with Gasteiger partial charge < -0.3 is 15.2 Å². The van der Waals surface area contributed by atoms with Crippen molar-refractivity contribution in [2.24, 2.45) is 10.2 Å². The molecule has 0 aliphatic heterocycles. The second-order valence-electron chi connectivity index (χ2n) is 8.12. The van der Waals surface area contributed by atoms with Crippen LogP contribution in [0.15, 0.2) is 75.8 Å². The van der Waals surface area contributed by atoms with E-state index < -0.39 is 26.7 Å². The lowest BCUT2D eigenvalue weighted by Crippen LogP contribution is -2.12. The lowest BCUT2D eigenvalue weighted by molar-refractivity contribution is 0.102. The van der Waals surface area contributed by atoms with E-state index in [0.29, 0.717) is 39.4 Å². The molecule has 4 aromatic carbocycles. The second kappa shape index (κ2) is 11.0. The summed E-state index contributed by atoms with van der Waals surface area (Å²) in [5.41, 5.74) is 0.540. The van der Waals surface area contributed by atoms with Crippen molar-refractivity contribution in [1.82, 2.24) is 0 Å². The number of phenolic OH excluding ortho intramolecular Hbond substituents is 1. The molecule has 0 heterocycles. The summed E-state index contributed by atoms with van der Waals surface area (Å²) in [6.45, 7) is 3.80. The van der Waals surface area contributed by atoms with Gasteiger partial charge in [-0.25, -0.2) is 0 Å². The van der Waals surface area contributed by atoms with Crippen LogP contribution in [0.1, 0.15) is 22.8 Å². The first-order valence-corrected chi connectivity index (χ1v) is 13.4. The largest absolute Gasteiger partial charge is 0.505 e. The zero-order valence-corrected chi connectivity index (χ0v) is 22.4. The molecule has 4 aromatic rings. The van der Waals surface area contributed by atoms with Crippen LogP contribution >= 0.6 is 23.2 Å². The van der Waals surface area contributed by atoms with Gasteiger partial charge in [-0.3, -0.25) is 9.35 Å². The Labute approximate surface area is 228 Å². The smallest absolute Gasteiger partial charge is 0.294 e. The highest BCUT2D eigenvalue weighted by molar-refractivity contribution is 7.85. The van der Waals surface area contributed by atoms with Crippen molar-refractivity contribution >= 4 is 67.1 Å². The summed E-state index contributed by atoms with van der Waals surface area (Å²) < 4.78 is 38.1. The normalized spacial score (nSPS) is 11.7. The van der Waals surface area contributed by atoms with Gasteiger partial charge in [0.05, 0.1) is 27.1 Å². The van der Waals surface area contributed by atoms with Crippen molar-refractivity contribution in [3.63, 3.8) is 0 Å². The van der Waals surface area contributed by atoms with E-state index in [1.54, 1.807) is 43.3 Å². The number of benzene rings is 4. The molecule has 0 saturated carbocycles. The summed E-state index contributed by atoms with van der Waals surface area (Å²) in [6.07, 6.45) is 0. The van der Waals surface area contributed by atoms with Gasteiger partial charge in [-0.05, 0) is 61.2 Å². The first-order chi connectivity index (χ1) is 18.0. The third kappa shape index (κ3) is 5.73. The van der Waals surface area contributed by atoms with Crippen LogP contribution in [0.2, 0.25) is 10.0 Å². The molecule has 38 heavy (non-hydrogen) atoms. The highest BCUT2D eigenvalue weighted by Crippen LogP contribution is 2.41. The van der Waals surface area contributed by atoms with E-state index in [0.717, 1.165) is 6.07 Å². The number of anilines is 1. The number of aryl methyl sites for hydroxylation is 1. The molecule has 12 heteroatoms. The fourth-order valence-corrected chi connectivity index (χ4v) is 4.65. The standard InChI is InChI=1S/C26H21Cl2N3O6S/c1-3-37-22-9-8-16(12-20(22)27)29-26(33)19-11-15-6-4-5-7-18(15)24(25(19)32)31-30-21-13-17(38(34,35)36)10-14(2)23(21)28/h4-13,32H,3H2,1-2H3,(H,29,33)(H,34,35,36). The third-order valence-electron chi connectivity index (χ3n) is 5.49. The molecule has 0 aromatic heterocycles.